The Kier molecular flexibility index (Phi) is 6.99. The maximum absolute atomic E-state index is 13.0. The predicted octanol–water partition coefficient (Wildman–Crippen LogP) is 6.03. The molecule has 0 spiro atoms. The van der Waals surface area contributed by atoms with Crippen molar-refractivity contribution in [1.82, 2.24) is 14.2 Å². The van der Waals surface area contributed by atoms with Crippen LogP contribution in [0.25, 0.3) is 21.8 Å². The molecule has 4 aromatic rings. The average Bonchev–Trinajstić information content (AvgIpc) is 3.38. The number of sulfonamides is 1. The van der Waals surface area contributed by atoms with Gasteiger partial charge in [0.15, 0.2) is 5.75 Å². The highest BCUT2D eigenvalue weighted by atomic mass is 79.9. The molecule has 11 heteroatoms. The molecule has 1 fully saturated rings. The Balaban J connectivity index is 1.31. The minimum atomic E-state index is -5.01. The van der Waals surface area contributed by atoms with Crippen LogP contribution < -0.4 is 9.46 Å². The van der Waals surface area contributed by atoms with Crippen molar-refractivity contribution in [3.05, 3.63) is 70.7 Å². The van der Waals surface area contributed by atoms with Crippen molar-refractivity contribution in [3.63, 3.8) is 0 Å². The van der Waals surface area contributed by atoms with Gasteiger partial charge in [0, 0.05) is 58.5 Å². The number of fused-ring (bicyclic) bond motifs is 3. The summed E-state index contributed by atoms with van der Waals surface area (Å²) in [6, 6.07) is 17.7. The largest absolute Gasteiger partial charge is 0.573 e. The van der Waals surface area contributed by atoms with Crippen LogP contribution in [0, 0.1) is 0 Å². The fourth-order valence-electron chi connectivity index (χ4n) is 5.06. The molecule has 0 bridgehead atoms. The fraction of sp³-hybridized carbons (Fsp3) is 0.308. The van der Waals surface area contributed by atoms with Crippen LogP contribution in [0.1, 0.15) is 18.9 Å². The lowest BCUT2D eigenvalue weighted by atomic mass is 10.1. The molecule has 0 aliphatic carbocycles. The first-order chi connectivity index (χ1) is 17.5. The molecule has 37 heavy (non-hydrogen) atoms. The summed E-state index contributed by atoms with van der Waals surface area (Å²) in [5.74, 6) is -0.774. The molecule has 1 unspecified atom stereocenters. The van der Waals surface area contributed by atoms with E-state index in [1.54, 1.807) is 0 Å². The maximum Gasteiger partial charge on any atom is 0.573 e. The molecule has 1 saturated heterocycles. The van der Waals surface area contributed by atoms with E-state index in [9.17, 15) is 21.6 Å². The van der Waals surface area contributed by atoms with Gasteiger partial charge in [0.1, 0.15) is 4.90 Å². The minimum Gasteiger partial charge on any atom is -0.404 e. The number of halogens is 4. The van der Waals surface area contributed by atoms with Crippen LogP contribution >= 0.6 is 15.9 Å². The van der Waals surface area contributed by atoms with E-state index >= 15 is 0 Å². The molecular formula is C26H25BrF3N3O3S. The molecule has 196 valence electrons. The van der Waals surface area contributed by atoms with Gasteiger partial charge in [-0.3, -0.25) is 4.90 Å². The minimum absolute atomic E-state index is 0.275. The van der Waals surface area contributed by atoms with Gasteiger partial charge < -0.3 is 9.30 Å². The summed E-state index contributed by atoms with van der Waals surface area (Å²) < 4.78 is 73.6. The molecular weight excluding hydrogens is 571 g/mol. The summed E-state index contributed by atoms with van der Waals surface area (Å²) in [4.78, 5) is 1.59. The Hall–Kier alpha value is -2.60. The number of nitrogens with one attached hydrogen (secondary N) is 1. The highest BCUT2D eigenvalue weighted by Gasteiger charge is 2.35. The van der Waals surface area contributed by atoms with E-state index in [-0.39, 0.29) is 4.47 Å². The summed E-state index contributed by atoms with van der Waals surface area (Å²) >= 11 is 3.06. The second-order valence-electron chi connectivity index (χ2n) is 9.09. The Labute approximate surface area is 221 Å². The molecule has 1 aromatic heterocycles. The second kappa shape index (κ2) is 9.94. The number of hydrogen-bond donors (Lipinski definition) is 1. The molecule has 0 saturated carbocycles. The van der Waals surface area contributed by atoms with Crippen molar-refractivity contribution in [1.29, 1.82) is 0 Å². The van der Waals surface area contributed by atoms with Crippen molar-refractivity contribution in [3.8, 4) is 5.75 Å². The first kappa shape index (κ1) is 26.0. The van der Waals surface area contributed by atoms with E-state index in [0.717, 1.165) is 24.2 Å². The predicted molar refractivity (Wildman–Crippen MR) is 140 cm³/mol. The highest BCUT2D eigenvalue weighted by Crippen LogP contribution is 2.33. The van der Waals surface area contributed by atoms with Gasteiger partial charge >= 0.3 is 6.36 Å². The number of aryl methyl sites for hydroxylation is 1. The second-order valence-corrected chi connectivity index (χ2v) is 11.7. The Morgan fingerprint density at radius 3 is 2.57 bits per heavy atom. The SMILES string of the molecule is CCn1c2ccccc2c2cc(CN3CCC(NS(=O)(=O)c4ccc(Br)cc4OC(F)(F)F)C3)ccc21. The summed E-state index contributed by atoms with van der Waals surface area (Å²) in [5.41, 5.74) is 3.48. The van der Waals surface area contributed by atoms with Crippen molar-refractivity contribution in [2.24, 2.45) is 0 Å². The zero-order chi connectivity index (χ0) is 26.4. The smallest absolute Gasteiger partial charge is 0.404 e. The number of alkyl halides is 3. The van der Waals surface area contributed by atoms with E-state index in [2.05, 4.69) is 72.1 Å². The van der Waals surface area contributed by atoms with Crippen LogP contribution in [0.15, 0.2) is 70.0 Å². The van der Waals surface area contributed by atoms with E-state index in [1.165, 1.54) is 27.9 Å². The fourth-order valence-corrected chi connectivity index (χ4v) is 6.77. The average molecular weight is 596 g/mol. The first-order valence-corrected chi connectivity index (χ1v) is 14.1. The van der Waals surface area contributed by atoms with Gasteiger partial charge in [0.25, 0.3) is 0 Å². The van der Waals surface area contributed by atoms with Crippen molar-refractivity contribution < 1.29 is 26.3 Å². The number of likely N-dealkylation sites (tertiary alicyclic amines) is 1. The third-order valence-electron chi connectivity index (χ3n) is 6.57. The summed E-state index contributed by atoms with van der Waals surface area (Å²) in [6.07, 6.45) is -4.47. The zero-order valence-corrected chi connectivity index (χ0v) is 22.3. The molecule has 2 heterocycles. The van der Waals surface area contributed by atoms with Crippen LogP contribution in [0.4, 0.5) is 13.2 Å². The van der Waals surface area contributed by atoms with Crippen LogP contribution in [-0.2, 0) is 23.1 Å². The Bertz CT molecular complexity index is 1570. The first-order valence-electron chi connectivity index (χ1n) is 11.8. The molecule has 6 nitrogen and oxygen atoms in total. The van der Waals surface area contributed by atoms with Crippen LogP contribution in [-0.4, -0.2) is 43.4 Å². The van der Waals surface area contributed by atoms with E-state index in [1.807, 2.05) is 12.1 Å². The summed E-state index contributed by atoms with van der Waals surface area (Å²) in [5, 5.41) is 2.37. The van der Waals surface area contributed by atoms with Crippen LogP contribution in [0.5, 0.6) is 5.75 Å². The van der Waals surface area contributed by atoms with Gasteiger partial charge in [-0.1, -0.05) is 40.2 Å². The normalized spacial score (nSPS) is 17.2. The third kappa shape index (κ3) is 5.50. The quantitative estimate of drug-likeness (QED) is 0.283. The number of aromatic nitrogens is 1. The lowest BCUT2D eigenvalue weighted by molar-refractivity contribution is -0.275. The number of nitrogens with zero attached hydrogens (tertiary/aromatic N) is 2. The van der Waals surface area contributed by atoms with Gasteiger partial charge in [-0.2, -0.15) is 0 Å². The number of rotatable bonds is 7. The highest BCUT2D eigenvalue weighted by molar-refractivity contribution is 9.10. The summed E-state index contributed by atoms with van der Waals surface area (Å²) in [7, 11) is -4.24. The number of para-hydroxylation sites is 1. The van der Waals surface area contributed by atoms with Crippen LogP contribution in [0.3, 0.4) is 0 Å². The Morgan fingerprint density at radius 2 is 1.81 bits per heavy atom. The van der Waals surface area contributed by atoms with E-state index in [4.69, 9.17) is 0 Å². The molecule has 1 N–H and O–H groups in total. The van der Waals surface area contributed by atoms with Crippen LogP contribution in [0.2, 0.25) is 0 Å². The Morgan fingerprint density at radius 1 is 1.05 bits per heavy atom. The topological polar surface area (TPSA) is 63.6 Å². The van der Waals surface area contributed by atoms with Gasteiger partial charge in [-0.05, 0) is 55.3 Å². The van der Waals surface area contributed by atoms with Gasteiger partial charge in [0.2, 0.25) is 10.0 Å². The molecule has 1 atom stereocenters. The monoisotopic (exact) mass is 595 g/mol. The maximum atomic E-state index is 13.0. The molecule has 3 aromatic carbocycles. The van der Waals surface area contributed by atoms with Crippen molar-refractivity contribution in [2.75, 3.05) is 13.1 Å². The lowest BCUT2D eigenvalue weighted by Gasteiger charge is -2.18. The zero-order valence-electron chi connectivity index (χ0n) is 19.9. The van der Waals surface area contributed by atoms with Gasteiger partial charge in [-0.15, -0.1) is 13.2 Å². The van der Waals surface area contributed by atoms with Gasteiger partial charge in [0.05, 0.1) is 0 Å². The molecule has 1 aliphatic heterocycles. The van der Waals surface area contributed by atoms with E-state index in [0.29, 0.717) is 26.1 Å². The third-order valence-corrected chi connectivity index (χ3v) is 8.63. The molecule has 1 aliphatic rings. The number of benzene rings is 3. The van der Waals surface area contributed by atoms with Crippen molar-refractivity contribution >= 4 is 47.8 Å². The number of ether oxygens (including phenoxy) is 1. The summed E-state index contributed by atoms with van der Waals surface area (Å²) in [6.45, 7) is 4.73. The molecule has 0 amide bonds. The lowest BCUT2D eigenvalue weighted by Crippen LogP contribution is -2.37. The van der Waals surface area contributed by atoms with E-state index < -0.39 is 33.1 Å². The number of hydrogen-bond acceptors (Lipinski definition) is 4. The van der Waals surface area contributed by atoms with Crippen molar-refractivity contribution in [2.45, 2.75) is 43.7 Å². The molecule has 5 rings (SSSR count). The molecule has 0 radical (unpaired) electrons. The van der Waals surface area contributed by atoms with Gasteiger partial charge in [-0.25, -0.2) is 13.1 Å². The standard InChI is InChI=1S/C26H25BrF3N3O3S/c1-2-33-22-6-4-3-5-20(22)21-13-17(7-9-23(21)33)15-32-12-11-19(16-32)31-37(34,35)25-10-8-18(27)14-24(25)36-26(28,29)30/h3-10,13-14,19,31H,2,11-12,15-16H2,1H3.